The molecule has 6 nitrogen and oxygen atoms in total. The highest BCUT2D eigenvalue weighted by Crippen LogP contribution is 2.26. The summed E-state index contributed by atoms with van der Waals surface area (Å²) in [7, 11) is 1.47. The number of hydrogen-bond donors (Lipinski definition) is 0. The summed E-state index contributed by atoms with van der Waals surface area (Å²) in [5.41, 5.74) is 2.46. The summed E-state index contributed by atoms with van der Waals surface area (Å²) in [6.45, 7) is 3.82. The van der Waals surface area contributed by atoms with Crippen molar-refractivity contribution in [3.63, 3.8) is 0 Å². The first-order valence-electron chi connectivity index (χ1n) is 7.41. The Labute approximate surface area is 137 Å². The first-order chi connectivity index (χ1) is 11.5. The van der Waals surface area contributed by atoms with Crippen LogP contribution in [0.3, 0.4) is 0 Å². The van der Waals surface area contributed by atoms with Crippen LogP contribution >= 0.6 is 0 Å². The molecular formula is C17H16FN3O3. The number of carbonyl (C=O) groups excluding carboxylic acids is 1. The zero-order valence-corrected chi connectivity index (χ0v) is 13.5. The maximum atomic E-state index is 13.8. The van der Waals surface area contributed by atoms with Crippen LogP contribution in [0.2, 0.25) is 0 Å². The molecule has 0 aliphatic heterocycles. The molecule has 0 spiro atoms. The van der Waals surface area contributed by atoms with Crippen molar-refractivity contribution in [2.24, 2.45) is 0 Å². The summed E-state index contributed by atoms with van der Waals surface area (Å²) < 4.78 is 25.4. The molecule has 124 valence electrons. The van der Waals surface area contributed by atoms with Gasteiger partial charge in [-0.15, -0.1) is 0 Å². The molecule has 0 saturated heterocycles. The van der Waals surface area contributed by atoms with Crippen LogP contribution in [0, 0.1) is 12.7 Å². The predicted octanol–water partition coefficient (Wildman–Crippen LogP) is 3.03. The van der Waals surface area contributed by atoms with E-state index in [-0.39, 0.29) is 12.2 Å². The Bertz CT molecular complexity index is 921. The summed E-state index contributed by atoms with van der Waals surface area (Å²) in [6, 6.07) is 6.10. The van der Waals surface area contributed by atoms with E-state index in [1.165, 1.54) is 25.4 Å². The quantitative estimate of drug-likeness (QED) is 0.688. The second-order valence-corrected chi connectivity index (χ2v) is 5.18. The van der Waals surface area contributed by atoms with Crippen LogP contribution in [0.1, 0.15) is 23.0 Å². The maximum absolute atomic E-state index is 13.8. The standard InChI is InChI=1S/C17H16FN3O3/c1-4-24-17(22)14-9-19-21-10(2)5-15(20-16(14)21)11-6-12(18)8-13(7-11)23-3/h5-9H,4H2,1-3H3. The summed E-state index contributed by atoms with van der Waals surface area (Å²) in [6.07, 6.45) is 1.42. The van der Waals surface area contributed by atoms with E-state index in [1.807, 2.05) is 6.92 Å². The van der Waals surface area contributed by atoms with Crippen molar-refractivity contribution in [2.75, 3.05) is 13.7 Å². The zero-order valence-electron chi connectivity index (χ0n) is 13.5. The second-order valence-electron chi connectivity index (χ2n) is 5.18. The third-order valence-corrected chi connectivity index (χ3v) is 3.55. The van der Waals surface area contributed by atoms with Crippen LogP contribution in [-0.2, 0) is 4.74 Å². The van der Waals surface area contributed by atoms with Crippen LogP contribution in [-0.4, -0.2) is 34.3 Å². The van der Waals surface area contributed by atoms with E-state index >= 15 is 0 Å². The van der Waals surface area contributed by atoms with Crippen molar-refractivity contribution in [3.8, 4) is 17.0 Å². The van der Waals surface area contributed by atoms with Gasteiger partial charge in [-0.1, -0.05) is 0 Å². The molecule has 0 radical (unpaired) electrons. The van der Waals surface area contributed by atoms with Gasteiger partial charge in [-0.3, -0.25) is 0 Å². The molecule has 0 bridgehead atoms. The van der Waals surface area contributed by atoms with E-state index in [1.54, 1.807) is 23.6 Å². The van der Waals surface area contributed by atoms with Gasteiger partial charge in [0.15, 0.2) is 5.65 Å². The SMILES string of the molecule is CCOC(=O)c1cnn2c(C)cc(-c3cc(F)cc(OC)c3)nc12. The van der Waals surface area contributed by atoms with Crippen molar-refractivity contribution >= 4 is 11.6 Å². The third-order valence-electron chi connectivity index (χ3n) is 3.55. The topological polar surface area (TPSA) is 65.7 Å². The molecule has 0 unspecified atom stereocenters. The van der Waals surface area contributed by atoms with Crippen molar-refractivity contribution in [1.82, 2.24) is 14.6 Å². The molecule has 0 N–H and O–H groups in total. The Morgan fingerprint density at radius 2 is 2.08 bits per heavy atom. The fourth-order valence-electron chi connectivity index (χ4n) is 2.44. The van der Waals surface area contributed by atoms with Crippen molar-refractivity contribution < 1.29 is 18.7 Å². The number of esters is 1. The third kappa shape index (κ3) is 2.80. The number of ether oxygens (including phenoxy) is 2. The first kappa shape index (κ1) is 15.9. The fraction of sp³-hybridized carbons (Fsp3) is 0.235. The minimum Gasteiger partial charge on any atom is -0.497 e. The molecule has 0 aliphatic carbocycles. The van der Waals surface area contributed by atoms with Gasteiger partial charge < -0.3 is 9.47 Å². The van der Waals surface area contributed by atoms with E-state index in [4.69, 9.17) is 9.47 Å². The van der Waals surface area contributed by atoms with Crippen LogP contribution in [0.15, 0.2) is 30.5 Å². The van der Waals surface area contributed by atoms with Crippen molar-refractivity contribution in [1.29, 1.82) is 0 Å². The van der Waals surface area contributed by atoms with Gasteiger partial charge in [-0.25, -0.2) is 18.7 Å². The normalized spacial score (nSPS) is 10.8. The van der Waals surface area contributed by atoms with Crippen molar-refractivity contribution in [3.05, 3.63) is 47.5 Å². The maximum Gasteiger partial charge on any atom is 0.343 e. The number of fused-ring (bicyclic) bond motifs is 1. The van der Waals surface area contributed by atoms with Gasteiger partial charge in [-0.05, 0) is 32.0 Å². The summed E-state index contributed by atoms with van der Waals surface area (Å²) in [4.78, 5) is 16.5. The van der Waals surface area contributed by atoms with E-state index in [2.05, 4.69) is 10.1 Å². The summed E-state index contributed by atoms with van der Waals surface area (Å²) >= 11 is 0. The Morgan fingerprint density at radius 3 is 2.79 bits per heavy atom. The van der Waals surface area contributed by atoms with Crippen molar-refractivity contribution in [2.45, 2.75) is 13.8 Å². The number of aryl methyl sites for hydroxylation is 1. The zero-order chi connectivity index (χ0) is 17.3. The Kier molecular flexibility index (Phi) is 4.16. The number of methoxy groups -OCH3 is 1. The van der Waals surface area contributed by atoms with Gasteiger partial charge in [-0.2, -0.15) is 5.10 Å². The number of benzene rings is 1. The second kappa shape index (κ2) is 6.27. The smallest absolute Gasteiger partial charge is 0.343 e. The Hall–Kier alpha value is -2.96. The van der Waals surface area contributed by atoms with Gasteiger partial charge in [0, 0.05) is 17.3 Å². The monoisotopic (exact) mass is 329 g/mol. The number of rotatable bonds is 4. The van der Waals surface area contributed by atoms with Gasteiger partial charge in [0.2, 0.25) is 0 Å². The molecule has 0 fully saturated rings. The molecule has 24 heavy (non-hydrogen) atoms. The highest BCUT2D eigenvalue weighted by molar-refractivity contribution is 5.96. The predicted molar refractivity (Wildman–Crippen MR) is 85.6 cm³/mol. The minimum atomic E-state index is -0.492. The van der Waals surface area contributed by atoms with Gasteiger partial charge >= 0.3 is 5.97 Å². The molecule has 0 atom stereocenters. The molecule has 0 saturated carbocycles. The number of carbonyl (C=O) groups is 1. The Balaban J connectivity index is 2.18. The molecular weight excluding hydrogens is 313 g/mol. The lowest BCUT2D eigenvalue weighted by atomic mass is 10.1. The van der Waals surface area contributed by atoms with Gasteiger partial charge in [0.1, 0.15) is 17.1 Å². The number of nitrogens with zero attached hydrogens (tertiary/aromatic N) is 3. The number of halogens is 1. The lowest BCUT2D eigenvalue weighted by Gasteiger charge is -2.08. The van der Waals surface area contributed by atoms with Crippen LogP contribution in [0.5, 0.6) is 5.75 Å². The average molecular weight is 329 g/mol. The van der Waals surface area contributed by atoms with E-state index in [9.17, 15) is 9.18 Å². The molecule has 0 aliphatic rings. The highest BCUT2D eigenvalue weighted by Gasteiger charge is 2.17. The lowest BCUT2D eigenvalue weighted by Crippen LogP contribution is -2.06. The summed E-state index contributed by atoms with van der Waals surface area (Å²) in [5.74, 6) is -0.528. The molecule has 7 heteroatoms. The molecule has 2 heterocycles. The average Bonchev–Trinajstić information content (AvgIpc) is 2.99. The molecule has 0 amide bonds. The van der Waals surface area contributed by atoms with Gasteiger partial charge in [0.25, 0.3) is 0 Å². The first-order valence-corrected chi connectivity index (χ1v) is 7.41. The van der Waals surface area contributed by atoms with E-state index in [0.717, 1.165) is 5.69 Å². The molecule has 3 aromatic rings. The lowest BCUT2D eigenvalue weighted by molar-refractivity contribution is 0.0528. The fourth-order valence-corrected chi connectivity index (χ4v) is 2.44. The number of aromatic nitrogens is 3. The Morgan fingerprint density at radius 1 is 1.29 bits per heavy atom. The molecule has 1 aromatic carbocycles. The highest BCUT2D eigenvalue weighted by atomic mass is 19.1. The van der Waals surface area contributed by atoms with Gasteiger partial charge in [0.05, 0.1) is 25.6 Å². The van der Waals surface area contributed by atoms with Crippen LogP contribution in [0.4, 0.5) is 4.39 Å². The van der Waals surface area contributed by atoms with Crippen LogP contribution < -0.4 is 4.74 Å². The minimum absolute atomic E-state index is 0.260. The molecule has 3 rings (SSSR count). The summed E-state index contributed by atoms with van der Waals surface area (Å²) in [5, 5.41) is 4.16. The van der Waals surface area contributed by atoms with Crippen LogP contribution in [0.25, 0.3) is 16.9 Å². The molecule has 2 aromatic heterocycles. The van der Waals surface area contributed by atoms with E-state index < -0.39 is 11.8 Å². The largest absolute Gasteiger partial charge is 0.497 e. The number of hydrogen-bond acceptors (Lipinski definition) is 5. The van der Waals surface area contributed by atoms with E-state index in [0.29, 0.717) is 22.7 Å².